The van der Waals surface area contributed by atoms with Crippen molar-refractivity contribution in [1.82, 2.24) is 10.1 Å². The lowest BCUT2D eigenvalue weighted by Crippen LogP contribution is -2.32. The number of rotatable bonds is 4. The minimum absolute atomic E-state index is 0.134. The zero-order chi connectivity index (χ0) is 10.6. The van der Waals surface area contributed by atoms with Gasteiger partial charge in [-0.05, 0) is 13.8 Å². The first-order chi connectivity index (χ1) is 6.69. The molecule has 5 heteroatoms. The topological polar surface area (TPSA) is 46.3 Å². The number of aromatic nitrogens is 1. The highest BCUT2D eigenvalue weighted by molar-refractivity contribution is 6.18. The monoisotopic (exact) mass is 216 g/mol. The molecule has 0 aliphatic rings. The number of amides is 1. The van der Waals surface area contributed by atoms with Crippen LogP contribution < -0.4 is 0 Å². The molecular weight excluding hydrogens is 204 g/mol. The van der Waals surface area contributed by atoms with Gasteiger partial charge in [-0.2, -0.15) is 0 Å². The van der Waals surface area contributed by atoms with E-state index in [4.69, 9.17) is 16.1 Å². The van der Waals surface area contributed by atoms with E-state index >= 15 is 0 Å². The molecule has 0 atom stereocenters. The first-order valence-electron chi connectivity index (χ1n) is 4.47. The quantitative estimate of drug-likeness (QED) is 0.720. The van der Waals surface area contributed by atoms with Crippen LogP contribution in [0.3, 0.4) is 0 Å². The fourth-order valence-corrected chi connectivity index (χ4v) is 1.34. The van der Waals surface area contributed by atoms with Crippen molar-refractivity contribution in [2.24, 2.45) is 0 Å². The zero-order valence-corrected chi connectivity index (χ0v) is 9.04. The van der Waals surface area contributed by atoms with Gasteiger partial charge in [-0.15, -0.1) is 11.6 Å². The zero-order valence-electron chi connectivity index (χ0n) is 8.29. The molecule has 0 unspecified atom stereocenters. The lowest BCUT2D eigenvalue weighted by Gasteiger charge is -2.17. The van der Waals surface area contributed by atoms with E-state index < -0.39 is 0 Å². The van der Waals surface area contributed by atoms with E-state index in [1.54, 1.807) is 17.9 Å². The number of hydrogen-bond donors (Lipinski definition) is 0. The molecule has 14 heavy (non-hydrogen) atoms. The summed E-state index contributed by atoms with van der Waals surface area (Å²) >= 11 is 5.57. The Hall–Kier alpha value is -1.03. The van der Waals surface area contributed by atoms with Crippen LogP contribution in [0.5, 0.6) is 0 Å². The maximum Gasteiger partial charge on any atom is 0.276 e. The van der Waals surface area contributed by atoms with Crippen molar-refractivity contribution in [3.05, 3.63) is 17.5 Å². The molecule has 1 aromatic heterocycles. The molecule has 4 nitrogen and oxygen atoms in total. The summed E-state index contributed by atoms with van der Waals surface area (Å²) in [5, 5.41) is 3.66. The molecule has 1 amide bonds. The molecular formula is C9H13ClN2O2. The van der Waals surface area contributed by atoms with Crippen molar-refractivity contribution < 1.29 is 9.32 Å². The van der Waals surface area contributed by atoms with Crippen LogP contribution in [-0.2, 0) is 0 Å². The summed E-state index contributed by atoms with van der Waals surface area (Å²) in [4.78, 5) is 13.4. The smallest absolute Gasteiger partial charge is 0.276 e. The molecule has 0 aliphatic heterocycles. The minimum atomic E-state index is -0.134. The molecule has 1 aromatic rings. The summed E-state index contributed by atoms with van der Waals surface area (Å²) < 4.78 is 4.83. The third kappa shape index (κ3) is 2.48. The number of alkyl halides is 1. The third-order valence-electron chi connectivity index (χ3n) is 1.87. The maximum atomic E-state index is 11.7. The van der Waals surface area contributed by atoms with E-state index in [1.807, 2.05) is 6.92 Å². The van der Waals surface area contributed by atoms with Gasteiger partial charge >= 0.3 is 0 Å². The highest BCUT2D eigenvalue weighted by atomic mass is 35.5. The Balaban J connectivity index is 2.72. The van der Waals surface area contributed by atoms with Crippen LogP contribution >= 0.6 is 11.6 Å². The molecule has 78 valence electrons. The Bertz CT molecular complexity index is 312. The largest absolute Gasteiger partial charge is 0.361 e. The molecule has 1 rings (SSSR count). The number of aryl methyl sites for hydroxylation is 1. The Morgan fingerprint density at radius 3 is 2.86 bits per heavy atom. The Kier molecular flexibility index (Phi) is 3.95. The standard InChI is InChI=1S/C9H13ClN2O2/c1-3-12(5-4-10)9(13)8-6-7(2)14-11-8/h6H,3-5H2,1-2H3. The molecule has 0 aromatic carbocycles. The Morgan fingerprint density at radius 1 is 1.71 bits per heavy atom. The van der Waals surface area contributed by atoms with Crippen molar-refractivity contribution >= 4 is 17.5 Å². The third-order valence-corrected chi connectivity index (χ3v) is 2.04. The number of nitrogens with zero attached hydrogens (tertiary/aromatic N) is 2. The second-order valence-electron chi connectivity index (χ2n) is 2.90. The van der Waals surface area contributed by atoms with Gasteiger partial charge < -0.3 is 9.42 Å². The summed E-state index contributed by atoms with van der Waals surface area (Å²) in [5.74, 6) is 0.927. The fraction of sp³-hybridized carbons (Fsp3) is 0.556. The van der Waals surface area contributed by atoms with Crippen LogP contribution in [0.2, 0.25) is 0 Å². The molecule has 0 saturated heterocycles. The summed E-state index contributed by atoms with van der Waals surface area (Å²) in [7, 11) is 0. The van der Waals surface area contributed by atoms with Crippen LogP contribution in [0.15, 0.2) is 10.6 Å². The number of hydrogen-bond acceptors (Lipinski definition) is 3. The normalized spacial score (nSPS) is 10.2. The van der Waals surface area contributed by atoms with E-state index in [1.165, 1.54) is 0 Å². The molecule has 0 spiro atoms. The van der Waals surface area contributed by atoms with Crippen LogP contribution in [0.1, 0.15) is 23.2 Å². The number of halogens is 1. The number of carbonyl (C=O) groups excluding carboxylic acids is 1. The van der Waals surface area contributed by atoms with Gasteiger partial charge in [0.25, 0.3) is 5.91 Å². The highest BCUT2D eigenvalue weighted by Gasteiger charge is 2.16. The predicted octanol–water partition coefficient (Wildman–Crippen LogP) is 1.68. The van der Waals surface area contributed by atoms with Crippen LogP contribution in [-0.4, -0.2) is 34.9 Å². The first-order valence-corrected chi connectivity index (χ1v) is 5.01. The van der Waals surface area contributed by atoms with Gasteiger partial charge in [-0.1, -0.05) is 5.16 Å². The van der Waals surface area contributed by atoms with Gasteiger partial charge in [-0.3, -0.25) is 4.79 Å². The second-order valence-corrected chi connectivity index (χ2v) is 3.27. The molecule has 0 N–H and O–H groups in total. The summed E-state index contributed by atoms with van der Waals surface area (Å²) in [5.41, 5.74) is 0.342. The maximum absolute atomic E-state index is 11.7. The van der Waals surface area contributed by atoms with E-state index in [2.05, 4.69) is 5.16 Å². The average Bonchev–Trinajstić information content (AvgIpc) is 2.60. The van der Waals surface area contributed by atoms with E-state index in [9.17, 15) is 4.79 Å². The average molecular weight is 217 g/mol. The van der Waals surface area contributed by atoms with Gasteiger partial charge in [-0.25, -0.2) is 0 Å². The van der Waals surface area contributed by atoms with Crippen molar-refractivity contribution in [3.63, 3.8) is 0 Å². The first kappa shape index (κ1) is 11.0. The molecule has 0 bridgehead atoms. The Morgan fingerprint density at radius 2 is 2.43 bits per heavy atom. The lowest BCUT2D eigenvalue weighted by atomic mass is 10.3. The number of carbonyl (C=O) groups is 1. The van der Waals surface area contributed by atoms with Crippen molar-refractivity contribution in [2.45, 2.75) is 13.8 Å². The predicted molar refractivity (Wildman–Crippen MR) is 53.5 cm³/mol. The van der Waals surface area contributed by atoms with E-state index in [0.29, 0.717) is 30.4 Å². The van der Waals surface area contributed by atoms with Gasteiger partial charge in [0, 0.05) is 25.0 Å². The molecule has 0 fully saturated rings. The molecule has 0 saturated carbocycles. The van der Waals surface area contributed by atoms with Crippen LogP contribution in [0.25, 0.3) is 0 Å². The van der Waals surface area contributed by atoms with Gasteiger partial charge in [0.15, 0.2) is 5.69 Å². The van der Waals surface area contributed by atoms with Gasteiger partial charge in [0.1, 0.15) is 5.76 Å². The SMILES string of the molecule is CCN(CCCl)C(=O)c1cc(C)on1. The Labute approximate surface area is 87.8 Å². The van der Waals surface area contributed by atoms with Crippen LogP contribution in [0.4, 0.5) is 0 Å². The minimum Gasteiger partial charge on any atom is -0.361 e. The van der Waals surface area contributed by atoms with E-state index in [0.717, 1.165) is 0 Å². The van der Waals surface area contributed by atoms with Gasteiger partial charge in [0.05, 0.1) is 0 Å². The second kappa shape index (κ2) is 5.00. The summed E-state index contributed by atoms with van der Waals surface area (Å²) in [6, 6.07) is 1.62. The molecule has 1 heterocycles. The lowest BCUT2D eigenvalue weighted by molar-refractivity contribution is 0.0763. The van der Waals surface area contributed by atoms with Crippen molar-refractivity contribution in [3.8, 4) is 0 Å². The van der Waals surface area contributed by atoms with Crippen molar-refractivity contribution in [1.29, 1.82) is 0 Å². The highest BCUT2D eigenvalue weighted by Crippen LogP contribution is 2.05. The molecule has 0 radical (unpaired) electrons. The van der Waals surface area contributed by atoms with Crippen molar-refractivity contribution in [2.75, 3.05) is 19.0 Å². The fourth-order valence-electron chi connectivity index (χ4n) is 1.13. The summed E-state index contributed by atoms with van der Waals surface area (Å²) in [6.45, 7) is 4.80. The van der Waals surface area contributed by atoms with E-state index in [-0.39, 0.29) is 5.91 Å². The molecule has 0 aliphatic carbocycles. The van der Waals surface area contributed by atoms with Gasteiger partial charge in [0.2, 0.25) is 0 Å². The summed E-state index contributed by atoms with van der Waals surface area (Å²) in [6.07, 6.45) is 0. The van der Waals surface area contributed by atoms with Crippen LogP contribution in [0, 0.1) is 6.92 Å².